The topological polar surface area (TPSA) is 74.6 Å². The number of imidazole rings is 1. The average molecular weight is 577 g/mol. The molecule has 0 aliphatic carbocycles. The van der Waals surface area contributed by atoms with Crippen LogP contribution in [0.25, 0.3) is 16.9 Å². The number of aromatic nitrogens is 3. The SMILES string of the molecule is CCCCN(Cc1ccc(Cl)cc1)c1nc(-c2cccc(NC(=O)Nc3ccc(F)c(Cl)c3)c2)cn2ccnc12. The summed E-state index contributed by atoms with van der Waals surface area (Å²) in [4.78, 5) is 24.5. The predicted molar refractivity (Wildman–Crippen MR) is 160 cm³/mol. The lowest BCUT2D eigenvalue weighted by Crippen LogP contribution is -2.26. The van der Waals surface area contributed by atoms with Crippen LogP contribution in [0.2, 0.25) is 10.0 Å². The normalized spacial score (nSPS) is 11.0. The maximum atomic E-state index is 13.4. The van der Waals surface area contributed by atoms with Gasteiger partial charge in [0.1, 0.15) is 5.82 Å². The first-order valence-corrected chi connectivity index (χ1v) is 13.6. The number of fused-ring (bicyclic) bond motifs is 1. The van der Waals surface area contributed by atoms with E-state index in [2.05, 4.69) is 27.4 Å². The Morgan fingerprint density at radius 1 is 1.02 bits per heavy atom. The Balaban J connectivity index is 1.43. The summed E-state index contributed by atoms with van der Waals surface area (Å²) in [6.07, 6.45) is 7.62. The summed E-state index contributed by atoms with van der Waals surface area (Å²) in [7, 11) is 0. The maximum Gasteiger partial charge on any atom is 0.323 e. The quantitative estimate of drug-likeness (QED) is 0.185. The summed E-state index contributed by atoms with van der Waals surface area (Å²) in [6, 6.07) is 18.8. The average Bonchev–Trinajstić information content (AvgIpc) is 3.43. The molecule has 5 aromatic rings. The van der Waals surface area contributed by atoms with Crippen LogP contribution in [0.1, 0.15) is 25.3 Å². The maximum absolute atomic E-state index is 13.4. The number of carbonyl (C=O) groups excluding carboxylic acids is 1. The molecule has 0 fully saturated rings. The minimum atomic E-state index is -0.552. The fourth-order valence-corrected chi connectivity index (χ4v) is 4.62. The van der Waals surface area contributed by atoms with E-state index in [1.54, 1.807) is 12.3 Å². The van der Waals surface area contributed by atoms with E-state index in [1.165, 1.54) is 18.2 Å². The number of unbranched alkanes of at least 4 members (excludes halogenated alkanes) is 1. The molecule has 0 aliphatic rings. The molecule has 2 N–H and O–H groups in total. The van der Waals surface area contributed by atoms with Gasteiger partial charge < -0.3 is 19.9 Å². The number of halogens is 3. The van der Waals surface area contributed by atoms with Gasteiger partial charge in [-0.2, -0.15) is 0 Å². The Morgan fingerprint density at radius 3 is 2.55 bits per heavy atom. The zero-order valence-corrected chi connectivity index (χ0v) is 23.3. The van der Waals surface area contributed by atoms with E-state index < -0.39 is 11.8 Å². The first-order chi connectivity index (χ1) is 19.4. The van der Waals surface area contributed by atoms with Gasteiger partial charge in [-0.15, -0.1) is 0 Å². The minimum Gasteiger partial charge on any atom is -0.349 e. The molecule has 2 heterocycles. The molecular weight excluding hydrogens is 550 g/mol. The molecule has 0 radical (unpaired) electrons. The molecule has 2 aromatic heterocycles. The highest BCUT2D eigenvalue weighted by molar-refractivity contribution is 6.31. The second kappa shape index (κ2) is 12.4. The van der Waals surface area contributed by atoms with Crippen LogP contribution in [0.5, 0.6) is 0 Å². The van der Waals surface area contributed by atoms with E-state index in [4.69, 9.17) is 28.2 Å². The molecule has 0 spiro atoms. The molecule has 3 aromatic carbocycles. The van der Waals surface area contributed by atoms with Crippen LogP contribution in [0, 0.1) is 5.82 Å². The van der Waals surface area contributed by atoms with Gasteiger partial charge in [0.15, 0.2) is 11.5 Å². The largest absolute Gasteiger partial charge is 0.349 e. The highest BCUT2D eigenvalue weighted by Gasteiger charge is 2.17. The standard InChI is InChI=1S/C30H27Cl2FN6O/c1-2-3-14-38(18-20-7-9-22(31)10-8-20)29-28-34-13-15-39(28)19-27(37-29)21-5-4-6-23(16-21)35-30(40)36-24-11-12-26(33)25(32)17-24/h4-13,15-17,19H,2-3,14,18H2,1H3,(H2,35,36,40). The summed E-state index contributed by atoms with van der Waals surface area (Å²) >= 11 is 11.9. The molecule has 0 unspecified atom stereocenters. The van der Waals surface area contributed by atoms with E-state index in [9.17, 15) is 9.18 Å². The van der Waals surface area contributed by atoms with Crippen molar-refractivity contribution in [2.24, 2.45) is 0 Å². The van der Waals surface area contributed by atoms with Crippen LogP contribution in [0.3, 0.4) is 0 Å². The fourth-order valence-electron chi connectivity index (χ4n) is 4.31. The van der Waals surface area contributed by atoms with Crippen LogP contribution in [-0.2, 0) is 6.54 Å². The third-order valence-corrected chi connectivity index (χ3v) is 6.86. The summed E-state index contributed by atoms with van der Waals surface area (Å²) in [5, 5.41) is 6.11. The Bertz CT molecular complexity index is 1640. The summed E-state index contributed by atoms with van der Waals surface area (Å²) in [5.41, 5.74) is 4.39. The number of urea groups is 1. The highest BCUT2D eigenvalue weighted by Crippen LogP contribution is 2.28. The number of nitrogens with one attached hydrogen (secondary N) is 2. The molecule has 0 aliphatic heterocycles. The number of amides is 2. The van der Waals surface area contributed by atoms with Gasteiger partial charge in [0.25, 0.3) is 0 Å². The fraction of sp³-hybridized carbons (Fsp3) is 0.167. The summed E-state index contributed by atoms with van der Waals surface area (Å²) in [5.74, 6) is 0.221. The Kier molecular flexibility index (Phi) is 8.48. The van der Waals surface area contributed by atoms with Crippen molar-refractivity contribution in [3.8, 4) is 11.3 Å². The lowest BCUT2D eigenvalue weighted by Gasteiger charge is -2.25. The number of hydrogen-bond donors (Lipinski definition) is 2. The van der Waals surface area contributed by atoms with Gasteiger partial charge in [-0.05, 0) is 54.4 Å². The molecule has 7 nitrogen and oxygen atoms in total. The van der Waals surface area contributed by atoms with E-state index in [0.29, 0.717) is 22.9 Å². The smallest absolute Gasteiger partial charge is 0.323 e. The Labute approximate surface area is 241 Å². The number of nitrogens with zero attached hydrogens (tertiary/aromatic N) is 4. The van der Waals surface area contributed by atoms with Crippen LogP contribution in [0.4, 0.5) is 26.4 Å². The Morgan fingerprint density at radius 2 is 1.80 bits per heavy atom. The van der Waals surface area contributed by atoms with Gasteiger partial charge in [0, 0.05) is 53.6 Å². The zero-order chi connectivity index (χ0) is 28.1. The third-order valence-electron chi connectivity index (χ3n) is 6.32. The Hall–Kier alpha value is -4.14. The molecule has 0 bridgehead atoms. The van der Waals surface area contributed by atoms with Crippen LogP contribution < -0.4 is 15.5 Å². The summed E-state index contributed by atoms with van der Waals surface area (Å²) < 4.78 is 15.4. The summed E-state index contributed by atoms with van der Waals surface area (Å²) in [6.45, 7) is 3.63. The van der Waals surface area contributed by atoms with Crippen LogP contribution >= 0.6 is 23.2 Å². The van der Waals surface area contributed by atoms with Crippen molar-refractivity contribution < 1.29 is 9.18 Å². The van der Waals surface area contributed by atoms with Crippen molar-refractivity contribution in [1.29, 1.82) is 0 Å². The van der Waals surface area contributed by atoms with Gasteiger partial charge in [-0.25, -0.2) is 19.2 Å². The molecule has 204 valence electrons. The molecule has 40 heavy (non-hydrogen) atoms. The highest BCUT2D eigenvalue weighted by atomic mass is 35.5. The van der Waals surface area contributed by atoms with E-state index in [1.807, 2.05) is 59.3 Å². The van der Waals surface area contributed by atoms with Gasteiger partial charge in [-0.3, -0.25) is 0 Å². The second-order valence-electron chi connectivity index (χ2n) is 9.30. The monoisotopic (exact) mass is 576 g/mol. The number of carbonyl (C=O) groups is 1. The van der Waals surface area contributed by atoms with Gasteiger partial charge >= 0.3 is 6.03 Å². The predicted octanol–water partition coefficient (Wildman–Crippen LogP) is 8.29. The van der Waals surface area contributed by atoms with E-state index in [-0.39, 0.29) is 5.02 Å². The molecule has 0 atom stereocenters. The second-order valence-corrected chi connectivity index (χ2v) is 10.1. The zero-order valence-electron chi connectivity index (χ0n) is 21.7. The number of hydrogen-bond acceptors (Lipinski definition) is 4. The third kappa shape index (κ3) is 6.52. The molecular formula is C30H27Cl2FN6O. The van der Waals surface area contributed by atoms with Crippen LogP contribution in [0.15, 0.2) is 85.3 Å². The van der Waals surface area contributed by atoms with Crippen molar-refractivity contribution in [3.05, 3.63) is 107 Å². The van der Waals surface area contributed by atoms with Gasteiger partial charge in [0.2, 0.25) is 0 Å². The molecule has 0 saturated heterocycles. The number of anilines is 3. The molecule has 0 saturated carbocycles. The van der Waals surface area contributed by atoms with Gasteiger partial charge in [-0.1, -0.05) is 60.8 Å². The van der Waals surface area contributed by atoms with Gasteiger partial charge in [0.05, 0.1) is 10.7 Å². The van der Waals surface area contributed by atoms with E-state index in [0.717, 1.165) is 47.7 Å². The van der Waals surface area contributed by atoms with Crippen molar-refractivity contribution in [1.82, 2.24) is 14.4 Å². The van der Waals surface area contributed by atoms with Crippen molar-refractivity contribution in [2.75, 3.05) is 22.1 Å². The first kappa shape index (κ1) is 27.4. The lowest BCUT2D eigenvalue weighted by molar-refractivity contribution is 0.262. The molecule has 5 rings (SSSR count). The lowest BCUT2D eigenvalue weighted by atomic mass is 10.1. The minimum absolute atomic E-state index is 0.0689. The molecule has 2 amide bonds. The van der Waals surface area contributed by atoms with Crippen LogP contribution in [-0.4, -0.2) is 26.9 Å². The van der Waals surface area contributed by atoms with Crippen molar-refractivity contribution in [3.63, 3.8) is 0 Å². The first-order valence-electron chi connectivity index (χ1n) is 12.9. The van der Waals surface area contributed by atoms with Crippen molar-refractivity contribution >= 4 is 52.1 Å². The number of benzene rings is 3. The number of rotatable bonds is 9. The molecule has 10 heteroatoms. The van der Waals surface area contributed by atoms with Crippen molar-refractivity contribution in [2.45, 2.75) is 26.3 Å². The van der Waals surface area contributed by atoms with E-state index >= 15 is 0 Å².